The standard InChI is InChI=1S/C58H33N7O/c59-34-37-33-36(57-60-56(35-15-3-1-4-16-35)61-58(62-57)65-48-24-12-7-19-39(48)40-20-8-13-25-49(40)65)27-31-46(37)64-50-26-14-10-22-45(50)52-51(64)32-30-43-44-29-28-42-41-21-9-11-23-47(41)63(38-17-5-2-6-18-38)53(42)55(44)66-54(43)52/h1-33H. The Bertz CT molecular complexity index is 4310. The Morgan fingerprint density at radius 1 is 0.394 bits per heavy atom. The van der Waals surface area contributed by atoms with Crippen molar-refractivity contribution in [2.24, 2.45) is 0 Å². The lowest BCUT2D eigenvalue weighted by atomic mass is 10.1. The molecule has 14 rings (SSSR count). The van der Waals surface area contributed by atoms with E-state index in [0.29, 0.717) is 28.7 Å². The Balaban J connectivity index is 0.984. The molecule has 0 radical (unpaired) electrons. The second-order valence-electron chi connectivity index (χ2n) is 16.7. The SMILES string of the molecule is N#Cc1cc(-c2nc(-c3ccccc3)nc(-n3c4ccccc4c4ccccc43)n2)ccc1-n1c2ccccc2c2c3oc4c(ccc5c6ccccc6n(-c6ccccc6)c54)c3ccc21. The molecular weight excluding hydrogens is 811 g/mol. The first-order valence-electron chi connectivity index (χ1n) is 21.9. The van der Waals surface area contributed by atoms with E-state index >= 15 is 0 Å². The molecule has 5 aromatic heterocycles. The zero-order valence-electron chi connectivity index (χ0n) is 35.1. The fraction of sp³-hybridized carbons (Fsp3) is 0. The summed E-state index contributed by atoms with van der Waals surface area (Å²) in [5.41, 5.74) is 11.6. The molecule has 0 amide bonds. The van der Waals surface area contributed by atoms with Gasteiger partial charge >= 0.3 is 0 Å². The highest BCUT2D eigenvalue weighted by molar-refractivity contribution is 6.27. The van der Waals surface area contributed by atoms with Crippen molar-refractivity contribution in [2.75, 3.05) is 0 Å². The van der Waals surface area contributed by atoms with E-state index in [0.717, 1.165) is 98.9 Å². The Morgan fingerprint density at radius 2 is 0.924 bits per heavy atom. The van der Waals surface area contributed by atoms with Crippen molar-refractivity contribution >= 4 is 87.4 Å². The molecule has 0 aliphatic carbocycles. The zero-order valence-corrected chi connectivity index (χ0v) is 35.1. The highest BCUT2D eigenvalue weighted by atomic mass is 16.3. The van der Waals surface area contributed by atoms with Crippen LogP contribution in [0, 0.1) is 11.3 Å². The molecule has 8 nitrogen and oxygen atoms in total. The van der Waals surface area contributed by atoms with E-state index in [1.807, 2.05) is 72.8 Å². The Morgan fingerprint density at radius 3 is 1.61 bits per heavy atom. The van der Waals surface area contributed by atoms with E-state index in [9.17, 15) is 5.26 Å². The molecule has 0 aliphatic rings. The fourth-order valence-corrected chi connectivity index (χ4v) is 10.3. The van der Waals surface area contributed by atoms with Crippen molar-refractivity contribution in [1.29, 1.82) is 5.26 Å². The number of hydrogen-bond acceptors (Lipinski definition) is 5. The summed E-state index contributed by atoms with van der Waals surface area (Å²) in [6.07, 6.45) is 0. The van der Waals surface area contributed by atoms with Crippen LogP contribution in [0.15, 0.2) is 205 Å². The number of fused-ring (bicyclic) bond motifs is 14. The first-order chi connectivity index (χ1) is 32.7. The van der Waals surface area contributed by atoms with Gasteiger partial charge in [0.2, 0.25) is 5.95 Å². The maximum atomic E-state index is 11.0. The Kier molecular flexibility index (Phi) is 7.59. The van der Waals surface area contributed by atoms with Gasteiger partial charge in [-0.25, -0.2) is 4.98 Å². The molecule has 0 fully saturated rings. The Labute approximate surface area is 376 Å². The van der Waals surface area contributed by atoms with Gasteiger partial charge in [0.1, 0.15) is 11.7 Å². The lowest BCUT2D eigenvalue weighted by molar-refractivity contribution is 0.675. The minimum atomic E-state index is 0.467. The fourth-order valence-electron chi connectivity index (χ4n) is 10.3. The topological polar surface area (TPSA) is 90.4 Å². The van der Waals surface area contributed by atoms with E-state index in [1.165, 1.54) is 5.39 Å². The number of rotatable bonds is 5. The van der Waals surface area contributed by atoms with Crippen molar-refractivity contribution in [3.63, 3.8) is 0 Å². The predicted octanol–water partition coefficient (Wildman–Crippen LogP) is 14.3. The minimum absolute atomic E-state index is 0.467. The van der Waals surface area contributed by atoms with Gasteiger partial charge in [0.25, 0.3) is 0 Å². The van der Waals surface area contributed by atoms with E-state index < -0.39 is 0 Å². The van der Waals surface area contributed by atoms with Crippen LogP contribution in [0.5, 0.6) is 0 Å². The summed E-state index contributed by atoms with van der Waals surface area (Å²) in [6, 6.07) is 71.2. The average Bonchev–Trinajstić information content (AvgIpc) is 4.13. The van der Waals surface area contributed by atoms with Crippen molar-refractivity contribution in [2.45, 2.75) is 0 Å². The molecule has 0 saturated heterocycles. The molecule has 66 heavy (non-hydrogen) atoms. The van der Waals surface area contributed by atoms with Crippen LogP contribution >= 0.6 is 0 Å². The van der Waals surface area contributed by atoms with Gasteiger partial charge in [0.05, 0.1) is 49.7 Å². The van der Waals surface area contributed by atoms with E-state index in [-0.39, 0.29) is 0 Å². The van der Waals surface area contributed by atoms with Gasteiger partial charge in [0.15, 0.2) is 17.2 Å². The van der Waals surface area contributed by atoms with Gasteiger partial charge < -0.3 is 13.6 Å². The normalized spacial score (nSPS) is 11.9. The van der Waals surface area contributed by atoms with Crippen LogP contribution in [0.25, 0.3) is 127 Å². The molecule has 0 N–H and O–H groups in total. The number of hydrogen-bond donors (Lipinski definition) is 0. The highest BCUT2D eigenvalue weighted by Gasteiger charge is 2.24. The maximum absolute atomic E-state index is 11.0. The third-order valence-corrected chi connectivity index (χ3v) is 13.1. The van der Waals surface area contributed by atoms with Crippen molar-refractivity contribution in [1.82, 2.24) is 28.7 Å². The number of benzene rings is 9. The first-order valence-corrected chi connectivity index (χ1v) is 21.9. The monoisotopic (exact) mass is 843 g/mol. The van der Waals surface area contributed by atoms with Crippen molar-refractivity contribution < 1.29 is 4.42 Å². The number of nitriles is 1. The summed E-state index contributed by atoms with van der Waals surface area (Å²) in [4.78, 5) is 15.3. The van der Waals surface area contributed by atoms with Crippen LogP contribution in [0.4, 0.5) is 0 Å². The largest absolute Gasteiger partial charge is 0.453 e. The van der Waals surface area contributed by atoms with Crippen LogP contribution in [0.2, 0.25) is 0 Å². The minimum Gasteiger partial charge on any atom is -0.453 e. The molecular formula is C58H33N7O. The van der Waals surface area contributed by atoms with Crippen molar-refractivity contribution in [3.05, 3.63) is 206 Å². The summed E-state index contributed by atoms with van der Waals surface area (Å²) in [5, 5.41) is 19.6. The molecule has 306 valence electrons. The molecule has 0 bridgehead atoms. The number of aromatic nitrogens is 6. The Hall–Kier alpha value is -9.32. The summed E-state index contributed by atoms with van der Waals surface area (Å²) in [6.45, 7) is 0. The van der Waals surface area contributed by atoms with Crippen LogP contribution in [0.3, 0.4) is 0 Å². The predicted molar refractivity (Wildman–Crippen MR) is 266 cm³/mol. The lowest BCUT2D eigenvalue weighted by Gasteiger charge is -2.13. The summed E-state index contributed by atoms with van der Waals surface area (Å²) < 4.78 is 13.8. The van der Waals surface area contributed by atoms with E-state index in [1.54, 1.807) is 0 Å². The van der Waals surface area contributed by atoms with Gasteiger partial charge in [0, 0.05) is 54.5 Å². The molecule has 5 heterocycles. The second-order valence-corrected chi connectivity index (χ2v) is 16.7. The van der Waals surface area contributed by atoms with Crippen LogP contribution in [0.1, 0.15) is 5.56 Å². The van der Waals surface area contributed by atoms with Gasteiger partial charge in [-0.3, -0.25) is 4.57 Å². The van der Waals surface area contributed by atoms with Gasteiger partial charge in [-0.1, -0.05) is 127 Å². The zero-order chi connectivity index (χ0) is 43.5. The molecule has 0 atom stereocenters. The second kappa shape index (κ2) is 13.8. The highest BCUT2D eigenvalue weighted by Crippen LogP contribution is 2.45. The summed E-state index contributed by atoms with van der Waals surface area (Å²) >= 11 is 0. The van der Waals surface area contributed by atoms with E-state index in [2.05, 4.69) is 147 Å². The first kappa shape index (κ1) is 36.2. The van der Waals surface area contributed by atoms with E-state index in [4.69, 9.17) is 19.4 Å². The third-order valence-electron chi connectivity index (χ3n) is 13.1. The van der Waals surface area contributed by atoms with Crippen LogP contribution < -0.4 is 0 Å². The molecule has 0 saturated carbocycles. The molecule has 0 aliphatic heterocycles. The number of para-hydroxylation sites is 5. The molecule has 0 unspecified atom stereocenters. The lowest BCUT2D eigenvalue weighted by Crippen LogP contribution is -2.06. The van der Waals surface area contributed by atoms with Gasteiger partial charge in [-0.15, -0.1) is 0 Å². The van der Waals surface area contributed by atoms with Crippen LogP contribution in [-0.4, -0.2) is 28.7 Å². The third kappa shape index (κ3) is 5.11. The number of nitrogens with zero attached hydrogens (tertiary/aromatic N) is 7. The summed E-state index contributed by atoms with van der Waals surface area (Å²) in [7, 11) is 0. The quantitative estimate of drug-likeness (QED) is 0.172. The number of furan rings is 1. The molecule has 14 aromatic rings. The maximum Gasteiger partial charge on any atom is 0.238 e. The van der Waals surface area contributed by atoms with Crippen LogP contribution in [-0.2, 0) is 0 Å². The van der Waals surface area contributed by atoms with Gasteiger partial charge in [-0.2, -0.15) is 15.2 Å². The molecule has 8 heteroatoms. The van der Waals surface area contributed by atoms with Crippen molar-refractivity contribution in [3.8, 4) is 46.2 Å². The summed E-state index contributed by atoms with van der Waals surface area (Å²) in [5.74, 6) is 1.51. The molecule has 9 aromatic carbocycles. The molecule has 0 spiro atoms. The average molecular weight is 844 g/mol. The van der Waals surface area contributed by atoms with Gasteiger partial charge in [-0.05, 0) is 72.8 Å². The smallest absolute Gasteiger partial charge is 0.238 e.